The van der Waals surface area contributed by atoms with Crippen molar-refractivity contribution in [2.24, 2.45) is 0 Å². The third-order valence-corrected chi connectivity index (χ3v) is 2.55. The molecule has 1 rings (SSSR count). The largest absolute Gasteiger partial charge is 0.293 e. The standard InChI is InChI=1S/C11H19N/c1-5-6-12-8-9(2)7-10(3)11(12)4/h11H,2-3,5-8H2,1,4H3. The molecule has 0 aliphatic carbocycles. The van der Waals surface area contributed by atoms with E-state index in [0.29, 0.717) is 6.04 Å². The molecule has 0 radical (unpaired) electrons. The Kier molecular flexibility index (Phi) is 3.10. The quantitative estimate of drug-likeness (QED) is 0.568. The van der Waals surface area contributed by atoms with E-state index < -0.39 is 0 Å². The average molecular weight is 165 g/mol. The van der Waals surface area contributed by atoms with Crippen LogP contribution in [0.3, 0.4) is 0 Å². The Morgan fingerprint density at radius 1 is 1.50 bits per heavy atom. The third-order valence-electron chi connectivity index (χ3n) is 2.55. The van der Waals surface area contributed by atoms with Crippen LogP contribution in [0.2, 0.25) is 0 Å². The highest BCUT2D eigenvalue weighted by Gasteiger charge is 2.21. The molecule has 1 heterocycles. The molecule has 0 aromatic rings. The average Bonchev–Trinajstić information content (AvgIpc) is 2.00. The SMILES string of the molecule is C=C1CC(=C)C(C)N(CCC)C1. The van der Waals surface area contributed by atoms with Crippen LogP contribution in [-0.4, -0.2) is 24.0 Å². The molecule has 1 atom stereocenters. The predicted molar refractivity (Wildman–Crippen MR) is 54.2 cm³/mol. The van der Waals surface area contributed by atoms with Gasteiger partial charge in [-0.3, -0.25) is 4.90 Å². The molecule has 0 aromatic heterocycles. The van der Waals surface area contributed by atoms with Crippen molar-refractivity contribution in [1.82, 2.24) is 4.90 Å². The molecule has 0 spiro atoms. The van der Waals surface area contributed by atoms with Crippen LogP contribution in [0, 0.1) is 0 Å². The van der Waals surface area contributed by atoms with E-state index in [1.54, 1.807) is 0 Å². The summed E-state index contributed by atoms with van der Waals surface area (Å²) >= 11 is 0. The molecule has 0 amide bonds. The van der Waals surface area contributed by atoms with Crippen molar-refractivity contribution in [1.29, 1.82) is 0 Å². The van der Waals surface area contributed by atoms with E-state index >= 15 is 0 Å². The van der Waals surface area contributed by atoms with Gasteiger partial charge in [0.25, 0.3) is 0 Å². The van der Waals surface area contributed by atoms with Crippen molar-refractivity contribution in [3.05, 3.63) is 24.3 Å². The van der Waals surface area contributed by atoms with Gasteiger partial charge in [-0.15, -0.1) is 0 Å². The van der Waals surface area contributed by atoms with Crippen LogP contribution in [0.1, 0.15) is 26.7 Å². The van der Waals surface area contributed by atoms with Gasteiger partial charge in [0.2, 0.25) is 0 Å². The van der Waals surface area contributed by atoms with Gasteiger partial charge in [0.05, 0.1) is 0 Å². The monoisotopic (exact) mass is 165 g/mol. The first-order chi connectivity index (χ1) is 5.65. The van der Waals surface area contributed by atoms with Crippen molar-refractivity contribution < 1.29 is 0 Å². The Balaban J connectivity index is 2.59. The molecule has 1 nitrogen and oxygen atoms in total. The third kappa shape index (κ3) is 1.98. The number of piperidine rings is 1. The summed E-state index contributed by atoms with van der Waals surface area (Å²) in [7, 11) is 0. The highest BCUT2D eigenvalue weighted by Crippen LogP contribution is 2.23. The smallest absolute Gasteiger partial charge is 0.0283 e. The molecule has 1 heteroatoms. The molecule has 68 valence electrons. The van der Waals surface area contributed by atoms with Crippen LogP contribution < -0.4 is 0 Å². The van der Waals surface area contributed by atoms with Crippen LogP contribution in [-0.2, 0) is 0 Å². The molecular weight excluding hydrogens is 146 g/mol. The minimum atomic E-state index is 0.551. The molecule has 12 heavy (non-hydrogen) atoms. The number of nitrogens with zero attached hydrogens (tertiary/aromatic N) is 1. The fourth-order valence-corrected chi connectivity index (χ4v) is 1.77. The number of hydrogen-bond donors (Lipinski definition) is 0. The van der Waals surface area contributed by atoms with E-state index in [1.165, 1.54) is 24.1 Å². The van der Waals surface area contributed by atoms with Gasteiger partial charge in [-0.05, 0) is 26.3 Å². The van der Waals surface area contributed by atoms with E-state index in [1.807, 2.05) is 0 Å². The van der Waals surface area contributed by atoms with E-state index in [-0.39, 0.29) is 0 Å². The van der Waals surface area contributed by atoms with E-state index in [2.05, 4.69) is 31.9 Å². The molecule has 1 aliphatic rings. The summed E-state index contributed by atoms with van der Waals surface area (Å²) in [5, 5.41) is 0. The second-order valence-electron chi connectivity index (χ2n) is 3.73. The molecule has 1 aliphatic heterocycles. The highest BCUT2D eigenvalue weighted by atomic mass is 15.2. The Bertz CT molecular complexity index is 193. The summed E-state index contributed by atoms with van der Waals surface area (Å²) in [6, 6.07) is 0.551. The topological polar surface area (TPSA) is 3.24 Å². The second kappa shape index (κ2) is 3.90. The van der Waals surface area contributed by atoms with Crippen LogP contribution >= 0.6 is 0 Å². The first kappa shape index (κ1) is 9.53. The number of likely N-dealkylation sites (tertiary alicyclic amines) is 1. The van der Waals surface area contributed by atoms with Gasteiger partial charge in [0, 0.05) is 12.6 Å². The molecule has 1 unspecified atom stereocenters. The molecule has 1 saturated heterocycles. The Labute approximate surface area is 75.8 Å². The minimum absolute atomic E-state index is 0.551. The van der Waals surface area contributed by atoms with E-state index in [9.17, 15) is 0 Å². The normalized spacial score (nSPS) is 26.3. The maximum atomic E-state index is 4.08. The van der Waals surface area contributed by atoms with Gasteiger partial charge in [0.1, 0.15) is 0 Å². The molecular formula is C11H19N. The Morgan fingerprint density at radius 2 is 2.17 bits per heavy atom. The summed E-state index contributed by atoms with van der Waals surface area (Å²) in [5.41, 5.74) is 2.63. The van der Waals surface area contributed by atoms with Crippen molar-refractivity contribution in [3.8, 4) is 0 Å². The summed E-state index contributed by atoms with van der Waals surface area (Å²) in [5.74, 6) is 0. The lowest BCUT2D eigenvalue weighted by Gasteiger charge is -2.35. The lowest BCUT2D eigenvalue weighted by atomic mass is 9.95. The zero-order valence-electron chi connectivity index (χ0n) is 8.27. The highest BCUT2D eigenvalue weighted by molar-refractivity contribution is 5.20. The molecule has 0 aromatic carbocycles. The van der Waals surface area contributed by atoms with Crippen LogP contribution in [0.25, 0.3) is 0 Å². The summed E-state index contributed by atoms with van der Waals surface area (Å²) in [4.78, 5) is 2.45. The van der Waals surface area contributed by atoms with Gasteiger partial charge in [-0.1, -0.05) is 31.2 Å². The van der Waals surface area contributed by atoms with Crippen molar-refractivity contribution in [3.63, 3.8) is 0 Å². The van der Waals surface area contributed by atoms with Crippen LogP contribution in [0.4, 0.5) is 0 Å². The van der Waals surface area contributed by atoms with Gasteiger partial charge < -0.3 is 0 Å². The van der Waals surface area contributed by atoms with Gasteiger partial charge >= 0.3 is 0 Å². The second-order valence-corrected chi connectivity index (χ2v) is 3.73. The minimum Gasteiger partial charge on any atom is -0.293 e. The van der Waals surface area contributed by atoms with Crippen LogP contribution in [0.15, 0.2) is 24.3 Å². The first-order valence-electron chi connectivity index (χ1n) is 4.73. The lowest BCUT2D eigenvalue weighted by Crippen LogP contribution is -2.40. The Morgan fingerprint density at radius 3 is 2.75 bits per heavy atom. The maximum absolute atomic E-state index is 4.08. The number of rotatable bonds is 2. The molecule has 0 N–H and O–H groups in total. The zero-order chi connectivity index (χ0) is 9.14. The van der Waals surface area contributed by atoms with Crippen LogP contribution in [0.5, 0.6) is 0 Å². The first-order valence-corrected chi connectivity index (χ1v) is 4.73. The maximum Gasteiger partial charge on any atom is 0.0283 e. The van der Waals surface area contributed by atoms with E-state index in [0.717, 1.165) is 13.0 Å². The summed E-state index contributed by atoms with van der Waals surface area (Å²) in [6.07, 6.45) is 2.24. The summed E-state index contributed by atoms with van der Waals surface area (Å²) in [6.45, 7) is 14.8. The van der Waals surface area contributed by atoms with Gasteiger partial charge in [-0.2, -0.15) is 0 Å². The molecule has 0 saturated carbocycles. The van der Waals surface area contributed by atoms with Gasteiger partial charge in [0.15, 0.2) is 0 Å². The lowest BCUT2D eigenvalue weighted by molar-refractivity contribution is 0.233. The molecule has 0 bridgehead atoms. The number of hydrogen-bond acceptors (Lipinski definition) is 1. The van der Waals surface area contributed by atoms with Crippen molar-refractivity contribution in [2.75, 3.05) is 13.1 Å². The Hall–Kier alpha value is -0.560. The van der Waals surface area contributed by atoms with Crippen molar-refractivity contribution >= 4 is 0 Å². The van der Waals surface area contributed by atoms with E-state index in [4.69, 9.17) is 0 Å². The summed E-state index contributed by atoms with van der Waals surface area (Å²) < 4.78 is 0. The fourth-order valence-electron chi connectivity index (χ4n) is 1.77. The predicted octanol–water partition coefficient (Wildman–Crippen LogP) is 2.60. The fraction of sp³-hybridized carbons (Fsp3) is 0.636. The van der Waals surface area contributed by atoms with Crippen molar-refractivity contribution in [2.45, 2.75) is 32.7 Å². The zero-order valence-corrected chi connectivity index (χ0v) is 8.27. The van der Waals surface area contributed by atoms with Gasteiger partial charge in [-0.25, -0.2) is 0 Å². The molecule has 1 fully saturated rings.